The van der Waals surface area contributed by atoms with E-state index in [4.69, 9.17) is 19.6 Å². The summed E-state index contributed by atoms with van der Waals surface area (Å²) in [5, 5.41) is 9.08. The summed E-state index contributed by atoms with van der Waals surface area (Å²) in [6.07, 6.45) is 4.02. The Morgan fingerprint density at radius 1 is 1.19 bits per heavy atom. The van der Waals surface area contributed by atoms with Crippen molar-refractivity contribution < 1.29 is 19.4 Å². The highest BCUT2D eigenvalue weighted by Crippen LogP contribution is 2.33. The predicted molar refractivity (Wildman–Crippen MR) is 120 cm³/mol. The van der Waals surface area contributed by atoms with E-state index in [1.54, 1.807) is 26.6 Å². The molecule has 166 valence electrons. The molecule has 31 heavy (non-hydrogen) atoms. The lowest BCUT2D eigenvalue weighted by molar-refractivity contribution is 0.0810. The third-order valence-corrected chi connectivity index (χ3v) is 5.52. The number of H-pyrrole nitrogens is 1. The van der Waals surface area contributed by atoms with Crippen LogP contribution < -0.4 is 9.47 Å². The van der Waals surface area contributed by atoms with Crippen LogP contribution in [0.5, 0.6) is 11.5 Å². The van der Waals surface area contributed by atoms with Gasteiger partial charge in [-0.3, -0.25) is 4.79 Å². The molecule has 8 nitrogen and oxygen atoms in total. The Balaban J connectivity index is 1.92. The van der Waals surface area contributed by atoms with Crippen molar-refractivity contribution in [3.8, 4) is 22.8 Å². The van der Waals surface area contributed by atoms with Crippen LogP contribution >= 0.6 is 0 Å². The third kappa shape index (κ3) is 4.86. The van der Waals surface area contributed by atoms with Gasteiger partial charge >= 0.3 is 0 Å². The lowest BCUT2D eigenvalue weighted by atomic mass is 9.81. The number of Topliss-reactive ketones (excluding diaryl/α,β-unsaturated/α-hetero) is 1. The zero-order chi connectivity index (χ0) is 22.6. The van der Waals surface area contributed by atoms with Crippen molar-refractivity contribution in [1.29, 1.82) is 0 Å². The Labute approximate surface area is 182 Å². The van der Waals surface area contributed by atoms with Gasteiger partial charge in [-0.2, -0.15) is 0 Å². The van der Waals surface area contributed by atoms with Crippen molar-refractivity contribution in [2.45, 2.75) is 20.3 Å². The number of aromatic nitrogens is 3. The van der Waals surface area contributed by atoms with Crippen LogP contribution in [0.1, 0.15) is 30.6 Å². The van der Waals surface area contributed by atoms with Crippen LogP contribution in [0.2, 0.25) is 0 Å². The van der Waals surface area contributed by atoms with E-state index in [0.29, 0.717) is 53.4 Å². The number of nitrogens with one attached hydrogen (secondary N) is 1. The summed E-state index contributed by atoms with van der Waals surface area (Å²) in [6.45, 7) is 5.27. The summed E-state index contributed by atoms with van der Waals surface area (Å²) >= 11 is 0. The average molecular weight is 427 g/mol. The molecule has 0 fully saturated rings. The molecule has 0 unspecified atom stereocenters. The van der Waals surface area contributed by atoms with Gasteiger partial charge in [0.15, 0.2) is 22.9 Å². The second-order valence-electron chi connectivity index (χ2n) is 8.21. The Morgan fingerprint density at radius 2 is 1.94 bits per heavy atom. The van der Waals surface area contributed by atoms with Crippen LogP contribution in [0, 0.1) is 5.41 Å². The van der Waals surface area contributed by atoms with Gasteiger partial charge in [0.2, 0.25) is 0 Å². The standard InChI is InChI=1S/C23H30N4O4/c1-23(2,8-9-27(3)10-11-28)21(29)16-13-24-22-20(16)26-17(14-25-22)15-6-7-18(30-4)19(12-15)31-5/h6-7,12-14,28H,8-11H2,1-5H3,(H,24,25). The molecular formula is C23H30N4O4. The fourth-order valence-corrected chi connectivity index (χ4v) is 3.43. The molecule has 0 aliphatic carbocycles. The van der Waals surface area contributed by atoms with Crippen LogP contribution in [0.3, 0.4) is 0 Å². The molecule has 0 atom stereocenters. The number of methoxy groups -OCH3 is 2. The first-order valence-corrected chi connectivity index (χ1v) is 10.2. The van der Waals surface area contributed by atoms with Gasteiger partial charge in [-0.25, -0.2) is 9.97 Å². The Bertz CT molecular complexity index is 1060. The molecule has 0 spiro atoms. The summed E-state index contributed by atoms with van der Waals surface area (Å²) < 4.78 is 10.7. The van der Waals surface area contributed by atoms with Gasteiger partial charge < -0.3 is 24.5 Å². The number of benzene rings is 1. The summed E-state index contributed by atoms with van der Waals surface area (Å²) in [4.78, 5) is 27.6. The van der Waals surface area contributed by atoms with Gasteiger partial charge in [0.1, 0.15) is 5.52 Å². The second kappa shape index (κ2) is 9.45. The van der Waals surface area contributed by atoms with E-state index in [1.165, 1.54) is 0 Å². The zero-order valence-corrected chi connectivity index (χ0v) is 18.7. The molecule has 0 aliphatic rings. The molecule has 0 saturated heterocycles. The largest absolute Gasteiger partial charge is 0.493 e. The second-order valence-corrected chi connectivity index (χ2v) is 8.21. The van der Waals surface area contributed by atoms with E-state index in [9.17, 15) is 4.79 Å². The molecule has 3 rings (SSSR count). The van der Waals surface area contributed by atoms with Gasteiger partial charge in [0.25, 0.3) is 0 Å². The van der Waals surface area contributed by atoms with E-state index in [2.05, 4.69) is 9.97 Å². The molecule has 8 heteroatoms. The third-order valence-electron chi connectivity index (χ3n) is 5.52. The van der Waals surface area contributed by atoms with E-state index < -0.39 is 5.41 Å². The van der Waals surface area contributed by atoms with Gasteiger partial charge in [-0.05, 0) is 38.2 Å². The van der Waals surface area contributed by atoms with Gasteiger partial charge in [-0.1, -0.05) is 13.8 Å². The van der Waals surface area contributed by atoms with Crippen LogP contribution in [0.15, 0.2) is 30.6 Å². The van der Waals surface area contributed by atoms with E-state index in [0.717, 1.165) is 5.56 Å². The first-order valence-electron chi connectivity index (χ1n) is 10.2. The molecule has 0 bridgehead atoms. The number of hydrogen-bond donors (Lipinski definition) is 2. The number of ether oxygens (including phenoxy) is 2. The molecule has 0 aliphatic heterocycles. The number of aromatic amines is 1. The summed E-state index contributed by atoms with van der Waals surface area (Å²) in [7, 11) is 5.10. The normalized spacial score (nSPS) is 11.8. The van der Waals surface area contributed by atoms with Crippen molar-refractivity contribution in [2.24, 2.45) is 5.41 Å². The van der Waals surface area contributed by atoms with E-state index >= 15 is 0 Å². The minimum atomic E-state index is -0.583. The molecule has 2 heterocycles. The molecule has 1 aromatic carbocycles. The lowest BCUT2D eigenvalue weighted by Crippen LogP contribution is -2.31. The number of rotatable bonds is 10. The van der Waals surface area contributed by atoms with Crippen LogP contribution in [-0.2, 0) is 0 Å². The highest BCUT2D eigenvalue weighted by molar-refractivity contribution is 6.08. The summed E-state index contributed by atoms with van der Waals surface area (Å²) in [6, 6.07) is 5.53. The topological polar surface area (TPSA) is 101 Å². The molecule has 2 N–H and O–H groups in total. The molecular weight excluding hydrogens is 396 g/mol. The van der Waals surface area contributed by atoms with Gasteiger partial charge in [0.05, 0.1) is 38.3 Å². The number of hydrogen-bond acceptors (Lipinski definition) is 7. The minimum absolute atomic E-state index is 0.00918. The number of aliphatic hydroxyl groups is 1. The van der Waals surface area contributed by atoms with Crippen molar-refractivity contribution in [3.05, 3.63) is 36.2 Å². The van der Waals surface area contributed by atoms with Gasteiger partial charge in [0, 0.05) is 23.7 Å². The summed E-state index contributed by atoms with van der Waals surface area (Å²) in [5.74, 6) is 1.24. The maximum Gasteiger partial charge on any atom is 0.172 e. The number of fused-ring (bicyclic) bond motifs is 1. The van der Waals surface area contributed by atoms with Crippen LogP contribution in [0.25, 0.3) is 22.4 Å². The van der Waals surface area contributed by atoms with Gasteiger partial charge in [-0.15, -0.1) is 0 Å². The molecule has 0 amide bonds. The van der Waals surface area contributed by atoms with Crippen LogP contribution in [-0.4, -0.2) is 71.7 Å². The van der Waals surface area contributed by atoms with E-state index in [1.807, 2.05) is 44.0 Å². The van der Waals surface area contributed by atoms with Crippen molar-refractivity contribution in [1.82, 2.24) is 19.9 Å². The number of ketones is 1. The highest BCUT2D eigenvalue weighted by atomic mass is 16.5. The summed E-state index contributed by atoms with van der Waals surface area (Å²) in [5.41, 5.74) is 2.52. The maximum absolute atomic E-state index is 13.4. The Morgan fingerprint density at radius 3 is 2.61 bits per heavy atom. The highest BCUT2D eigenvalue weighted by Gasteiger charge is 2.31. The number of aliphatic hydroxyl groups excluding tert-OH is 1. The fourth-order valence-electron chi connectivity index (χ4n) is 3.43. The van der Waals surface area contributed by atoms with Crippen molar-refractivity contribution >= 4 is 16.9 Å². The van der Waals surface area contributed by atoms with E-state index in [-0.39, 0.29) is 12.4 Å². The molecule has 0 saturated carbocycles. The lowest BCUT2D eigenvalue weighted by Gasteiger charge is -2.25. The predicted octanol–water partition coefficient (Wildman–Crippen LogP) is 3.17. The van der Waals surface area contributed by atoms with Crippen LogP contribution in [0.4, 0.5) is 0 Å². The number of carbonyl (C=O) groups excluding carboxylic acids is 1. The van der Waals surface area contributed by atoms with Crippen molar-refractivity contribution in [3.63, 3.8) is 0 Å². The Hall–Kier alpha value is -2.97. The number of nitrogens with zero attached hydrogens (tertiary/aromatic N) is 3. The zero-order valence-electron chi connectivity index (χ0n) is 18.7. The monoisotopic (exact) mass is 426 g/mol. The molecule has 0 radical (unpaired) electrons. The first-order chi connectivity index (χ1) is 14.8. The minimum Gasteiger partial charge on any atom is -0.493 e. The number of likely N-dealkylation sites (N-methyl/N-ethyl adjacent to an activating group) is 1. The average Bonchev–Trinajstić information content (AvgIpc) is 3.20. The number of carbonyl (C=O) groups is 1. The molecule has 2 aromatic heterocycles. The van der Waals surface area contributed by atoms with Crippen molar-refractivity contribution in [2.75, 3.05) is 41.0 Å². The quantitative estimate of drug-likeness (QED) is 0.480. The SMILES string of the molecule is COc1ccc(-c2cnc3[nH]cc(C(=O)C(C)(C)CCN(C)CCO)c3n2)cc1OC. The smallest absolute Gasteiger partial charge is 0.172 e. The molecule has 3 aromatic rings. The first kappa shape index (κ1) is 22.7. The maximum atomic E-state index is 13.4. The fraction of sp³-hybridized carbons (Fsp3) is 0.435. The Kier molecular flexibility index (Phi) is 6.92.